The summed E-state index contributed by atoms with van der Waals surface area (Å²) in [6, 6.07) is 8.05. The Morgan fingerprint density at radius 3 is 2.76 bits per heavy atom. The molecule has 2 heterocycles. The number of ether oxygens (including phenoxy) is 1. The molecule has 29 heavy (non-hydrogen) atoms. The number of carbonyl (C=O) groups excluding carboxylic acids is 1. The number of carboxylic acid groups (broad SMARTS) is 1. The fraction of sp³-hybridized carbons (Fsp3) is 0.476. The quantitative estimate of drug-likeness (QED) is 0.656. The molecule has 0 bridgehead atoms. The lowest BCUT2D eigenvalue weighted by atomic mass is 9.89. The van der Waals surface area contributed by atoms with Crippen LogP contribution < -0.4 is 15.0 Å². The Bertz CT molecular complexity index is 852. The summed E-state index contributed by atoms with van der Waals surface area (Å²) in [7, 11) is 3.50. The van der Waals surface area contributed by atoms with Gasteiger partial charge in [0, 0.05) is 37.3 Å². The van der Waals surface area contributed by atoms with Gasteiger partial charge in [-0.1, -0.05) is 0 Å². The van der Waals surface area contributed by atoms with Gasteiger partial charge in [-0.15, -0.1) is 0 Å². The number of pyridine rings is 1. The number of anilines is 1. The molecule has 0 spiro atoms. The molecule has 8 nitrogen and oxygen atoms in total. The maximum absolute atomic E-state index is 11.3. The molecule has 1 atom stereocenters. The third kappa shape index (κ3) is 4.95. The van der Waals surface area contributed by atoms with Crippen molar-refractivity contribution in [2.75, 3.05) is 45.2 Å². The number of aromatic nitrogens is 1. The topological polar surface area (TPSA) is 95.0 Å². The van der Waals surface area contributed by atoms with E-state index >= 15 is 0 Å². The van der Waals surface area contributed by atoms with Crippen molar-refractivity contribution in [3.63, 3.8) is 0 Å². The number of amides is 1. The SMILES string of the molecule is CNC(CN(CC=O)C(=O)O)C1CCN(c2cc3cc(OC)ccc3cn2)CC1. The zero-order valence-electron chi connectivity index (χ0n) is 16.9. The maximum Gasteiger partial charge on any atom is 0.407 e. The van der Waals surface area contributed by atoms with Gasteiger partial charge in [-0.05, 0) is 55.5 Å². The number of nitrogens with one attached hydrogen (secondary N) is 1. The van der Waals surface area contributed by atoms with Crippen LogP contribution in [0.3, 0.4) is 0 Å². The number of benzene rings is 1. The van der Waals surface area contributed by atoms with Crippen molar-refractivity contribution in [2.45, 2.75) is 18.9 Å². The number of piperidine rings is 1. The van der Waals surface area contributed by atoms with Crippen LogP contribution in [0.2, 0.25) is 0 Å². The molecule has 1 aliphatic rings. The summed E-state index contributed by atoms with van der Waals surface area (Å²) in [5.74, 6) is 2.10. The smallest absolute Gasteiger partial charge is 0.407 e. The normalized spacial score (nSPS) is 15.9. The van der Waals surface area contributed by atoms with Gasteiger partial charge < -0.3 is 24.9 Å². The third-order valence-electron chi connectivity index (χ3n) is 5.70. The van der Waals surface area contributed by atoms with Gasteiger partial charge in [-0.25, -0.2) is 9.78 Å². The minimum absolute atomic E-state index is 0.0158. The van der Waals surface area contributed by atoms with E-state index in [2.05, 4.69) is 21.3 Å². The summed E-state index contributed by atoms with van der Waals surface area (Å²) in [5, 5.41) is 14.7. The van der Waals surface area contributed by atoms with Crippen LogP contribution in [0.5, 0.6) is 5.75 Å². The van der Waals surface area contributed by atoms with Crippen LogP contribution in [0, 0.1) is 5.92 Å². The summed E-state index contributed by atoms with van der Waals surface area (Å²) in [6.45, 7) is 1.91. The standard InChI is InChI=1S/C21H28N4O4/c1-22-19(14-25(9-10-26)21(27)28)15-5-7-24(8-6-15)20-12-17-11-18(29-2)4-3-16(17)13-23-20/h3-4,10-13,15,19,22H,5-9,14H2,1-2H3,(H,27,28). The third-order valence-corrected chi connectivity index (χ3v) is 5.70. The molecule has 2 aromatic rings. The number of rotatable bonds is 8. The first kappa shape index (κ1) is 20.9. The second-order valence-electron chi connectivity index (χ2n) is 7.33. The lowest BCUT2D eigenvalue weighted by Crippen LogP contribution is -2.49. The number of hydrogen-bond acceptors (Lipinski definition) is 6. The number of likely N-dealkylation sites (N-methyl/N-ethyl adjacent to an activating group) is 1. The van der Waals surface area contributed by atoms with Crippen LogP contribution >= 0.6 is 0 Å². The van der Waals surface area contributed by atoms with Gasteiger partial charge in [0.15, 0.2) is 0 Å². The van der Waals surface area contributed by atoms with E-state index in [0.717, 1.165) is 48.3 Å². The first-order valence-electron chi connectivity index (χ1n) is 9.83. The average Bonchev–Trinajstić information content (AvgIpc) is 2.75. The molecule has 1 aliphatic heterocycles. The van der Waals surface area contributed by atoms with Crippen LogP contribution in [0.4, 0.5) is 10.6 Å². The van der Waals surface area contributed by atoms with Crippen molar-refractivity contribution in [3.8, 4) is 5.75 Å². The molecule has 2 N–H and O–H groups in total. The van der Waals surface area contributed by atoms with Crippen molar-refractivity contribution in [1.29, 1.82) is 0 Å². The lowest BCUT2D eigenvalue weighted by Gasteiger charge is -2.37. The number of carbonyl (C=O) groups is 2. The number of fused-ring (bicyclic) bond motifs is 1. The highest BCUT2D eigenvalue weighted by Crippen LogP contribution is 2.28. The highest BCUT2D eigenvalue weighted by atomic mass is 16.5. The Morgan fingerprint density at radius 1 is 1.38 bits per heavy atom. The summed E-state index contributed by atoms with van der Waals surface area (Å²) in [6.07, 6.45) is 3.31. The fourth-order valence-electron chi connectivity index (χ4n) is 3.97. The molecule has 1 amide bonds. The first-order valence-corrected chi connectivity index (χ1v) is 9.83. The molecule has 8 heteroatoms. The van der Waals surface area contributed by atoms with E-state index in [1.807, 2.05) is 31.4 Å². The first-order chi connectivity index (χ1) is 14.0. The van der Waals surface area contributed by atoms with Gasteiger partial charge in [0.25, 0.3) is 0 Å². The fourth-order valence-corrected chi connectivity index (χ4v) is 3.97. The van der Waals surface area contributed by atoms with Crippen molar-refractivity contribution in [2.24, 2.45) is 5.92 Å². The zero-order valence-corrected chi connectivity index (χ0v) is 16.9. The van der Waals surface area contributed by atoms with E-state index in [4.69, 9.17) is 4.74 Å². The lowest BCUT2D eigenvalue weighted by molar-refractivity contribution is -0.108. The molecule has 1 aromatic carbocycles. The largest absolute Gasteiger partial charge is 0.497 e. The van der Waals surface area contributed by atoms with E-state index in [-0.39, 0.29) is 12.6 Å². The Hall–Kier alpha value is -2.87. The second-order valence-corrected chi connectivity index (χ2v) is 7.33. The molecule has 156 valence electrons. The Morgan fingerprint density at radius 2 is 2.14 bits per heavy atom. The van der Waals surface area contributed by atoms with Gasteiger partial charge in [-0.2, -0.15) is 0 Å². The Balaban J connectivity index is 1.65. The van der Waals surface area contributed by atoms with Gasteiger partial charge >= 0.3 is 6.09 Å². The van der Waals surface area contributed by atoms with Gasteiger partial charge in [0.1, 0.15) is 17.9 Å². The van der Waals surface area contributed by atoms with Gasteiger partial charge in [0.2, 0.25) is 0 Å². The molecular formula is C21H28N4O4. The van der Waals surface area contributed by atoms with Crippen molar-refractivity contribution in [1.82, 2.24) is 15.2 Å². The van der Waals surface area contributed by atoms with Crippen LogP contribution in [-0.2, 0) is 4.79 Å². The zero-order chi connectivity index (χ0) is 20.8. The summed E-state index contributed by atoms with van der Waals surface area (Å²) in [4.78, 5) is 30.1. The predicted octanol–water partition coefficient (Wildman–Crippen LogP) is 2.23. The Kier molecular flexibility index (Phi) is 6.87. The van der Waals surface area contributed by atoms with Gasteiger partial charge in [0.05, 0.1) is 13.7 Å². The van der Waals surface area contributed by atoms with Crippen LogP contribution in [0.25, 0.3) is 10.8 Å². The minimum Gasteiger partial charge on any atom is -0.497 e. The molecule has 1 aromatic heterocycles. The molecule has 0 saturated carbocycles. The predicted molar refractivity (Wildman–Crippen MR) is 112 cm³/mol. The highest BCUT2D eigenvalue weighted by Gasteiger charge is 2.28. The molecular weight excluding hydrogens is 372 g/mol. The van der Waals surface area contributed by atoms with Crippen molar-refractivity contribution < 1.29 is 19.4 Å². The summed E-state index contributed by atoms with van der Waals surface area (Å²) in [5.41, 5.74) is 0. The number of aldehydes is 1. The molecule has 0 aliphatic carbocycles. The average molecular weight is 400 g/mol. The summed E-state index contributed by atoms with van der Waals surface area (Å²) < 4.78 is 5.32. The van der Waals surface area contributed by atoms with Crippen LogP contribution in [0.15, 0.2) is 30.5 Å². The van der Waals surface area contributed by atoms with E-state index in [9.17, 15) is 14.7 Å². The van der Waals surface area contributed by atoms with E-state index in [1.165, 1.54) is 4.90 Å². The maximum atomic E-state index is 11.3. The van der Waals surface area contributed by atoms with Crippen LogP contribution in [-0.4, -0.2) is 73.7 Å². The van der Waals surface area contributed by atoms with Crippen molar-refractivity contribution in [3.05, 3.63) is 30.5 Å². The van der Waals surface area contributed by atoms with E-state index < -0.39 is 6.09 Å². The summed E-state index contributed by atoms with van der Waals surface area (Å²) >= 11 is 0. The van der Waals surface area contributed by atoms with Crippen molar-refractivity contribution >= 4 is 29.0 Å². The van der Waals surface area contributed by atoms with Gasteiger partial charge in [-0.3, -0.25) is 4.90 Å². The van der Waals surface area contributed by atoms with Crippen LogP contribution in [0.1, 0.15) is 12.8 Å². The molecule has 3 rings (SSSR count). The molecule has 1 saturated heterocycles. The molecule has 0 radical (unpaired) electrons. The molecule has 1 fully saturated rings. The second kappa shape index (κ2) is 9.56. The monoisotopic (exact) mass is 400 g/mol. The number of hydrogen-bond donors (Lipinski definition) is 2. The van der Waals surface area contributed by atoms with E-state index in [0.29, 0.717) is 18.7 Å². The minimum atomic E-state index is -1.06. The van der Waals surface area contributed by atoms with E-state index in [1.54, 1.807) is 7.11 Å². The molecule has 1 unspecified atom stereocenters. The number of methoxy groups -OCH3 is 1. The highest BCUT2D eigenvalue weighted by molar-refractivity contribution is 5.85. The number of nitrogens with zero attached hydrogens (tertiary/aromatic N) is 3. The Labute approximate surface area is 170 Å².